The summed E-state index contributed by atoms with van der Waals surface area (Å²) in [4.78, 5) is 15.8. The molecule has 0 bridgehead atoms. The quantitative estimate of drug-likeness (QED) is 0.640. The molecule has 0 amide bonds. The molecule has 0 saturated carbocycles. The van der Waals surface area contributed by atoms with Crippen molar-refractivity contribution in [3.63, 3.8) is 0 Å². The van der Waals surface area contributed by atoms with Crippen LogP contribution in [0.3, 0.4) is 0 Å². The summed E-state index contributed by atoms with van der Waals surface area (Å²) in [5, 5.41) is 7.06. The van der Waals surface area contributed by atoms with Crippen molar-refractivity contribution in [2.24, 2.45) is 7.05 Å². The van der Waals surface area contributed by atoms with Crippen LogP contribution in [-0.4, -0.2) is 50.8 Å². The zero-order chi connectivity index (χ0) is 19.6. The molecule has 2 saturated heterocycles. The van der Waals surface area contributed by atoms with Gasteiger partial charge in [-0.3, -0.25) is 9.58 Å². The van der Waals surface area contributed by atoms with Crippen molar-refractivity contribution in [3.05, 3.63) is 46.5 Å². The number of aromatic nitrogens is 4. The summed E-state index contributed by atoms with van der Waals surface area (Å²) in [6.07, 6.45) is 8.89. The Kier molecular flexibility index (Phi) is 5.33. The standard InChI is InChI=1S/C22H28N6S/c1-26-16-19(20-8-9-23-22(24-20)28-11-2-3-12-28)21(25-26)17-6-4-10-27(14-17)15-18-7-5-13-29-18/h5,7-9,13,16-17H,2-4,6,10-12,14-15H2,1H3/t17-/m1/s1. The second-order valence-electron chi connectivity index (χ2n) is 8.19. The van der Waals surface area contributed by atoms with E-state index < -0.39 is 0 Å². The van der Waals surface area contributed by atoms with Gasteiger partial charge in [0.25, 0.3) is 0 Å². The molecule has 0 N–H and O–H groups in total. The van der Waals surface area contributed by atoms with Crippen LogP contribution >= 0.6 is 11.3 Å². The van der Waals surface area contributed by atoms with Crippen molar-refractivity contribution in [2.75, 3.05) is 31.1 Å². The van der Waals surface area contributed by atoms with Crippen molar-refractivity contribution in [1.82, 2.24) is 24.6 Å². The number of thiophene rings is 1. The van der Waals surface area contributed by atoms with Gasteiger partial charge in [0.1, 0.15) is 0 Å². The van der Waals surface area contributed by atoms with Gasteiger partial charge >= 0.3 is 0 Å². The first-order chi connectivity index (χ1) is 14.3. The van der Waals surface area contributed by atoms with E-state index >= 15 is 0 Å². The summed E-state index contributed by atoms with van der Waals surface area (Å²) in [7, 11) is 2.02. The molecule has 5 rings (SSSR count). The Morgan fingerprint density at radius 1 is 1.14 bits per heavy atom. The molecule has 2 aliphatic rings. The molecule has 29 heavy (non-hydrogen) atoms. The Hall–Kier alpha value is -2.25. The molecular formula is C22H28N6S. The van der Waals surface area contributed by atoms with Gasteiger partial charge in [-0.2, -0.15) is 5.10 Å². The number of nitrogens with zero attached hydrogens (tertiary/aromatic N) is 6. The van der Waals surface area contributed by atoms with E-state index in [-0.39, 0.29) is 0 Å². The largest absolute Gasteiger partial charge is 0.341 e. The minimum absolute atomic E-state index is 0.449. The highest BCUT2D eigenvalue weighted by Crippen LogP contribution is 2.34. The summed E-state index contributed by atoms with van der Waals surface area (Å²) in [5.74, 6) is 1.31. The number of piperidine rings is 1. The minimum atomic E-state index is 0.449. The van der Waals surface area contributed by atoms with Gasteiger partial charge < -0.3 is 4.90 Å². The second-order valence-corrected chi connectivity index (χ2v) is 9.22. The van der Waals surface area contributed by atoms with E-state index in [2.05, 4.69) is 38.5 Å². The number of hydrogen-bond donors (Lipinski definition) is 0. The van der Waals surface area contributed by atoms with Gasteiger partial charge in [0.15, 0.2) is 0 Å². The lowest BCUT2D eigenvalue weighted by Crippen LogP contribution is -2.34. The monoisotopic (exact) mass is 408 g/mol. The average molecular weight is 409 g/mol. The van der Waals surface area contributed by atoms with Crippen molar-refractivity contribution in [2.45, 2.75) is 38.1 Å². The Morgan fingerprint density at radius 3 is 2.86 bits per heavy atom. The first-order valence-electron chi connectivity index (χ1n) is 10.6. The van der Waals surface area contributed by atoms with Crippen LogP contribution in [0.15, 0.2) is 36.0 Å². The molecule has 0 aromatic carbocycles. The number of anilines is 1. The lowest BCUT2D eigenvalue weighted by molar-refractivity contribution is 0.200. The maximum Gasteiger partial charge on any atom is 0.225 e. The molecule has 6 nitrogen and oxygen atoms in total. The van der Waals surface area contributed by atoms with Crippen LogP contribution in [0.5, 0.6) is 0 Å². The van der Waals surface area contributed by atoms with Crippen LogP contribution < -0.4 is 4.90 Å². The van der Waals surface area contributed by atoms with Gasteiger partial charge in [0.05, 0.1) is 11.4 Å². The highest BCUT2D eigenvalue weighted by Gasteiger charge is 2.27. The molecule has 3 aromatic heterocycles. The molecule has 0 radical (unpaired) electrons. The summed E-state index contributed by atoms with van der Waals surface area (Å²) < 4.78 is 1.94. The molecule has 0 unspecified atom stereocenters. The van der Waals surface area contributed by atoms with Crippen LogP contribution in [0.4, 0.5) is 5.95 Å². The van der Waals surface area contributed by atoms with Crippen molar-refractivity contribution < 1.29 is 0 Å². The normalized spacial score (nSPS) is 20.4. The van der Waals surface area contributed by atoms with E-state index in [1.54, 1.807) is 0 Å². The first kappa shape index (κ1) is 18.8. The smallest absolute Gasteiger partial charge is 0.225 e. The molecule has 2 aliphatic heterocycles. The fourth-order valence-corrected chi connectivity index (χ4v) is 5.36. The highest BCUT2D eigenvalue weighted by atomic mass is 32.1. The SMILES string of the molecule is Cn1cc(-c2ccnc(N3CCCC3)n2)c([C@@H]2CCCN(Cc3cccs3)C2)n1. The lowest BCUT2D eigenvalue weighted by atomic mass is 9.91. The van der Waals surface area contributed by atoms with Gasteiger partial charge in [-0.15, -0.1) is 11.3 Å². The van der Waals surface area contributed by atoms with E-state index in [0.717, 1.165) is 37.8 Å². The number of likely N-dealkylation sites (tertiary alicyclic amines) is 1. The fraction of sp³-hybridized carbons (Fsp3) is 0.500. The molecule has 1 atom stereocenters. The molecule has 5 heterocycles. The molecule has 152 valence electrons. The maximum absolute atomic E-state index is 4.92. The van der Waals surface area contributed by atoms with Crippen molar-refractivity contribution >= 4 is 17.3 Å². The third-order valence-corrected chi connectivity index (χ3v) is 6.88. The van der Waals surface area contributed by atoms with Crippen LogP contribution in [0, 0.1) is 0 Å². The minimum Gasteiger partial charge on any atom is -0.341 e. The van der Waals surface area contributed by atoms with E-state index in [0.29, 0.717) is 5.92 Å². The maximum atomic E-state index is 4.92. The van der Waals surface area contributed by atoms with E-state index in [1.165, 1.54) is 48.4 Å². The van der Waals surface area contributed by atoms with E-state index in [4.69, 9.17) is 10.1 Å². The van der Waals surface area contributed by atoms with Gasteiger partial charge in [-0.05, 0) is 49.7 Å². The fourth-order valence-electron chi connectivity index (χ4n) is 4.62. The third kappa shape index (κ3) is 4.07. The Labute approximate surface area is 176 Å². The van der Waals surface area contributed by atoms with Crippen LogP contribution in [0.1, 0.15) is 42.2 Å². The van der Waals surface area contributed by atoms with Gasteiger partial charge in [0.2, 0.25) is 5.95 Å². The summed E-state index contributed by atoms with van der Waals surface area (Å²) in [5.41, 5.74) is 3.35. The molecule has 0 spiro atoms. The number of rotatable bonds is 5. The topological polar surface area (TPSA) is 50.1 Å². The van der Waals surface area contributed by atoms with Gasteiger partial charge in [-0.1, -0.05) is 6.07 Å². The summed E-state index contributed by atoms with van der Waals surface area (Å²) in [6.45, 7) is 5.39. The first-order valence-corrected chi connectivity index (χ1v) is 11.5. The predicted molar refractivity (Wildman–Crippen MR) is 117 cm³/mol. The van der Waals surface area contributed by atoms with Crippen molar-refractivity contribution in [3.8, 4) is 11.3 Å². The predicted octanol–water partition coefficient (Wildman–Crippen LogP) is 3.92. The highest BCUT2D eigenvalue weighted by molar-refractivity contribution is 7.09. The molecular weight excluding hydrogens is 380 g/mol. The zero-order valence-electron chi connectivity index (χ0n) is 17.0. The van der Waals surface area contributed by atoms with Crippen LogP contribution in [0.25, 0.3) is 11.3 Å². The Balaban J connectivity index is 1.40. The van der Waals surface area contributed by atoms with E-state index in [9.17, 15) is 0 Å². The zero-order valence-corrected chi connectivity index (χ0v) is 17.8. The average Bonchev–Trinajstić information content (AvgIpc) is 3.50. The summed E-state index contributed by atoms with van der Waals surface area (Å²) in [6, 6.07) is 6.42. The number of aryl methyl sites for hydroxylation is 1. The Bertz CT molecular complexity index is 944. The summed E-state index contributed by atoms with van der Waals surface area (Å²) >= 11 is 1.85. The Morgan fingerprint density at radius 2 is 2.03 bits per heavy atom. The molecule has 0 aliphatic carbocycles. The van der Waals surface area contributed by atoms with Gasteiger partial charge in [0, 0.05) is 62.0 Å². The second kappa shape index (κ2) is 8.24. The van der Waals surface area contributed by atoms with Crippen LogP contribution in [0.2, 0.25) is 0 Å². The molecule has 7 heteroatoms. The van der Waals surface area contributed by atoms with E-state index in [1.807, 2.05) is 35.3 Å². The number of hydrogen-bond acceptors (Lipinski definition) is 6. The molecule has 3 aromatic rings. The van der Waals surface area contributed by atoms with Crippen LogP contribution in [-0.2, 0) is 13.6 Å². The third-order valence-electron chi connectivity index (χ3n) is 6.02. The lowest BCUT2D eigenvalue weighted by Gasteiger charge is -2.32. The molecule has 2 fully saturated rings. The van der Waals surface area contributed by atoms with Gasteiger partial charge in [-0.25, -0.2) is 9.97 Å². The van der Waals surface area contributed by atoms with Crippen molar-refractivity contribution in [1.29, 1.82) is 0 Å².